The Labute approximate surface area is 129 Å². The van der Waals surface area contributed by atoms with Gasteiger partial charge in [0, 0.05) is 19.6 Å². The molecule has 0 radical (unpaired) electrons. The summed E-state index contributed by atoms with van der Waals surface area (Å²) < 4.78 is 32.1. The highest BCUT2D eigenvalue weighted by Crippen LogP contribution is 2.27. The fourth-order valence-electron chi connectivity index (χ4n) is 2.32. The molecule has 2 atom stereocenters. The van der Waals surface area contributed by atoms with E-state index in [0.29, 0.717) is 6.54 Å². The maximum Gasteiger partial charge on any atom is 0.244 e. The SMILES string of the molecule is CC1CN(S(=O)(=O)c2ccc(CN)cc2Cl)CC(CO)O1. The van der Waals surface area contributed by atoms with E-state index in [4.69, 9.17) is 22.1 Å². The molecule has 1 aromatic carbocycles. The van der Waals surface area contributed by atoms with E-state index < -0.39 is 16.1 Å². The molecular weight excluding hydrogens is 316 g/mol. The van der Waals surface area contributed by atoms with Crippen molar-refractivity contribution < 1.29 is 18.3 Å². The summed E-state index contributed by atoms with van der Waals surface area (Å²) >= 11 is 6.08. The second-order valence-corrected chi connectivity index (χ2v) is 7.36. The highest BCUT2D eigenvalue weighted by Gasteiger charge is 2.34. The van der Waals surface area contributed by atoms with Gasteiger partial charge in [0.2, 0.25) is 10.0 Å². The van der Waals surface area contributed by atoms with Gasteiger partial charge >= 0.3 is 0 Å². The van der Waals surface area contributed by atoms with Gasteiger partial charge in [-0.15, -0.1) is 0 Å². The zero-order chi connectivity index (χ0) is 15.6. The number of hydrogen-bond acceptors (Lipinski definition) is 5. The number of aliphatic hydroxyl groups is 1. The van der Waals surface area contributed by atoms with Crippen LogP contribution in [0.3, 0.4) is 0 Å². The Balaban J connectivity index is 2.33. The van der Waals surface area contributed by atoms with E-state index >= 15 is 0 Å². The molecular formula is C13H19ClN2O4S. The number of hydrogen-bond donors (Lipinski definition) is 2. The number of nitrogens with zero attached hydrogens (tertiary/aromatic N) is 1. The fourth-order valence-corrected chi connectivity index (χ4v) is 4.41. The molecule has 6 nitrogen and oxygen atoms in total. The maximum absolute atomic E-state index is 12.7. The Morgan fingerprint density at radius 3 is 2.76 bits per heavy atom. The Kier molecular flexibility index (Phi) is 5.24. The van der Waals surface area contributed by atoms with Gasteiger partial charge in [-0.2, -0.15) is 4.31 Å². The molecule has 118 valence electrons. The van der Waals surface area contributed by atoms with Gasteiger partial charge in [-0.05, 0) is 24.6 Å². The molecule has 1 aliphatic rings. The van der Waals surface area contributed by atoms with Crippen LogP contribution in [0.2, 0.25) is 5.02 Å². The number of sulfonamides is 1. The van der Waals surface area contributed by atoms with Crippen molar-refractivity contribution in [3.63, 3.8) is 0 Å². The standard InChI is InChI=1S/C13H19ClN2O4S/c1-9-6-16(7-11(8-17)20-9)21(18,19)13-3-2-10(5-15)4-12(13)14/h2-4,9,11,17H,5-8,15H2,1H3. The van der Waals surface area contributed by atoms with Crippen molar-refractivity contribution in [2.24, 2.45) is 5.73 Å². The van der Waals surface area contributed by atoms with Gasteiger partial charge in [-0.25, -0.2) is 8.42 Å². The van der Waals surface area contributed by atoms with Crippen LogP contribution in [-0.4, -0.2) is 49.7 Å². The van der Waals surface area contributed by atoms with Gasteiger partial charge in [0.05, 0.1) is 23.8 Å². The van der Waals surface area contributed by atoms with Crippen LogP contribution in [0.1, 0.15) is 12.5 Å². The molecule has 0 saturated carbocycles. The van der Waals surface area contributed by atoms with E-state index in [9.17, 15) is 13.5 Å². The summed E-state index contributed by atoms with van der Waals surface area (Å²) in [6.45, 7) is 2.17. The molecule has 0 spiro atoms. The zero-order valence-electron chi connectivity index (χ0n) is 11.7. The van der Waals surface area contributed by atoms with Crippen LogP contribution in [-0.2, 0) is 21.3 Å². The molecule has 8 heteroatoms. The second-order valence-electron chi connectivity index (χ2n) is 5.04. The Morgan fingerprint density at radius 2 is 2.19 bits per heavy atom. The minimum absolute atomic E-state index is 0.0483. The average molecular weight is 335 g/mol. The van der Waals surface area contributed by atoms with Gasteiger partial charge in [0.1, 0.15) is 4.90 Å². The van der Waals surface area contributed by atoms with E-state index in [1.54, 1.807) is 19.1 Å². The molecule has 1 aliphatic heterocycles. The van der Waals surface area contributed by atoms with Crippen molar-refractivity contribution in [1.82, 2.24) is 4.31 Å². The Hall–Kier alpha value is -0.700. The molecule has 1 saturated heterocycles. The predicted molar refractivity (Wildman–Crippen MR) is 79.5 cm³/mol. The summed E-state index contributed by atoms with van der Waals surface area (Å²) in [6, 6.07) is 4.67. The molecule has 1 aromatic rings. The third-order valence-corrected chi connectivity index (χ3v) is 5.66. The van der Waals surface area contributed by atoms with Gasteiger partial charge in [-0.1, -0.05) is 17.7 Å². The van der Waals surface area contributed by atoms with E-state index in [1.165, 1.54) is 10.4 Å². The number of ether oxygens (including phenoxy) is 1. The summed E-state index contributed by atoms with van der Waals surface area (Å²) in [5, 5.41) is 9.35. The van der Waals surface area contributed by atoms with Crippen LogP contribution in [0.15, 0.2) is 23.1 Å². The van der Waals surface area contributed by atoms with Crippen LogP contribution in [0.25, 0.3) is 0 Å². The number of morpholine rings is 1. The van der Waals surface area contributed by atoms with Gasteiger partial charge < -0.3 is 15.6 Å². The highest BCUT2D eigenvalue weighted by atomic mass is 35.5. The topological polar surface area (TPSA) is 92.9 Å². The average Bonchev–Trinajstić information content (AvgIpc) is 2.46. The molecule has 0 aliphatic carbocycles. The molecule has 21 heavy (non-hydrogen) atoms. The highest BCUT2D eigenvalue weighted by molar-refractivity contribution is 7.89. The molecule has 2 unspecified atom stereocenters. The lowest BCUT2D eigenvalue weighted by Gasteiger charge is -2.35. The first-order chi connectivity index (χ1) is 9.88. The van der Waals surface area contributed by atoms with E-state index in [-0.39, 0.29) is 35.7 Å². The fraction of sp³-hybridized carbons (Fsp3) is 0.538. The lowest BCUT2D eigenvalue weighted by Crippen LogP contribution is -2.50. The van der Waals surface area contributed by atoms with E-state index in [0.717, 1.165) is 5.56 Å². The maximum atomic E-state index is 12.7. The Bertz CT molecular complexity index is 608. The molecule has 0 bridgehead atoms. The molecule has 0 aromatic heterocycles. The van der Waals surface area contributed by atoms with Crippen LogP contribution < -0.4 is 5.73 Å². The van der Waals surface area contributed by atoms with Crippen molar-refractivity contribution in [3.8, 4) is 0 Å². The monoisotopic (exact) mass is 334 g/mol. The minimum Gasteiger partial charge on any atom is -0.394 e. The van der Waals surface area contributed by atoms with Crippen molar-refractivity contribution in [1.29, 1.82) is 0 Å². The third kappa shape index (κ3) is 3.56. The quantitative estimate of drug-likeness (QED) is 0.839. The van der Waals surface area contributed by atoms with Gasteiger partial charge in [0.25, 0.3) is 0 Å². The Morgan fingerprint density at radius 1 is 1.48 bits per heavy atom. The third-order valence-electron chi connectivity index (χ3n) is 3.35. The first kappa shape index (κ1) is 16.7. The van der Waals surface area contributed by atoms with Crippen LogP contribution in [0.5, 0.6) is 0 Å². The number of benzene rings is 1. The van der Waals surface area contributed by atoms with E-state index in [1.807, 2.05) is 0 Å². The van der Waals surface area contributed by atoms with Crippen LogP contribution >= 0.6 is 11.6 Å². The zero-order valence-corrected chi connectivity index (χ0v) is 13.3. The summed E-state index contributed by atoms with van der Waals surface area (Å²) in [6.07, 6.45) is -0.807. The molecule has 0 amide bonds. The van der Waals surface area contributed by atoms with E-state index in [2.05, 4.69) is 0 Å². The van der Waals surface area contributed by atoms with Gasteiger partial charge in [0.15, 0.2) is 0 Å². The first-order valence-corrected chi connectivity index (χ1v) is 8.45. The smallest absolute Gasteiger partial charge is 0.244 e. The first-order valence-electron chi connectivity index (χ1n) is 6.63. The van der Waals surface area contributed by atoms with Crippen molar-refractivity contribution >= 4 is 21.6 Å². The number of aliphatic hydroxyl groups excluding tert-OH is 1. The van der Waals surface area contributed by atoms with Crippen molar-refractivity contribution in [2.45, 2.75) is 30.6 Å². The summed E-state index contributed by atoms with van der Waals surface area (Å²) in [7, 11) is -3.72. The predicted octanol–water partition coefficient (Wildman–Crippen LogP) is 0.569. The molecule has 3 N–H and O–H groups in total. The molecule has 1 fully saturated rings. The largest absolute Gasteiger partial charge is 0.394 e. The van der Waals surface area contributed by atoms with Crippen molar-refractivity contribution in [2.75, 3.05) is 19.7 Å². The second kappa shape index (κ2) is 6.60. The number of rotatable bonds is 4. The minimum atomic E-state index is -3.72. The number of halogens is 1. The number of nitrogens with two attached hydrogens (primary N) is 1. The molecule has 2 rings (SSSR count). The van der Waals surface area contributed by atoms with Gasteiger partial charge in [-0.3, -0.25) is 0 Å². The summed E-state index contributed by atoms with van der Waals surface area (Å²) in [5.74, 6) is 0. The summed E-state index contributed by atoms with van der Waals surface area (Å²) in [5.41, 5.74) is 6.28. The summed E-state index contributed by atoms with van der Waals surface area (Å²) in [4.78, 5) is 0.0483. The van der Waals surface area contributed by atoms with Crippen LogP contribution in [0.4, 0.5) is 0 Å². The van der Waals surface area contributed by atoms with Crippen molar-refractivity contribution in [3.05, 3.63) is 28.8 Å². The normalized spacial score (nSPS) is 24.2. The lowest BCUT2D eigenvalue weighted by atomic mass is 10.2. The van der Waals surface area contributed by atoms with Crippen LogP contribution in [0, 0.1) is 0 Å². The molecule has 1 heterocycles. The lowest BCUT2D eigenvalue weighted by molar-refractivity contribution is -0.0750.